The Hall–Kier alpha value is -3.71. The summed E-state index contributed by atoms with van der Waals surface area (Å²) < 4.78 is 11.2. The average molecular weight is 443 g/mol. The average Bonchev–Trinajstić information content (AvgIpc) is 3.31. The van der Waals surface area contributed by atoms with Gasteiger partial charge in [-0.25, -0.2) is 0 Å². The third-order valence-electron chi connectivity index (χ3n) is 6.02. The van der Waals surface area contributed by atoms with Crippen LogP contribution in [0.25, 0.3) is 22.2 Å². The number of fused-ring (bicyclic) bond motifs is 1. The molecule has 33 heavy (non-hydrogen) atoms. The topological polar surface area (TPSA) is 71.7 Å². The Labute approximate surface area is 192 Å². The Balaban J connectivity index is 1.11. The standard InChI is InChI=1S/C26H26N4O3/c1-19-6-2-5-9-23(19)26-27-24(33-28-26)17-29-12-14-30(15-13-29)25(31)18-32-22-11-10-20-7-3-4-8-21(20)16-22/h2-11,16H,12-15,17-18H2,1H3. The lowest BCUT2D eigenvalue weighted by molar-refractivity contribution is -0.135. The molecular formula is C26H26N4O3. The van der Waals surface area contributed by atoms with Gasteiger partial charge in [-0.1, -0.05) is 59.8 Å². The number of amides is 1. The van der Waals surface area contributed by atoms with Gasteiger partial charge in [-0.05, 0) is 35.4 Å². The first-order valence-electron chi connectivity index (χ1n) is 11.2. The molecule has 0 radical (unpaired) electrons. The number of benzene rings is 3. The highest BCUT2D eigenvalue weighted by Crippen LogP contribution is 2.22. The molecular weight excluding hydrogens is 416 g/mol. The Morgan fingerprint density at radius 2 is 1.73 bits per heavy atom. The summed E-state index contributed by atoms with van der Waals surface area (Å²) in [6.07, 6.45) is 0. The van der Waals surface area contributed by atoms with Crippen molar-refractivity contribution in [1.29, 1.82) is 0 Å². The van der Waals surface area contributed by atoms with E-state index in [9.17, 15) is 4.79 Å². The summed E-state index contributed by atoms with van der Waals surface area (Å²) in [6.45, 7) is 5.46. The fourth-order valence-electron chi connectivity index (χ4n) is 4.09. The van der Waals surface area contributed by atoms with E-state index in [0.717, 1.165) is 35.0 Å². The van der Waals surface area contributed by atoms with E-state index in [0.29, 0.717) is 37.1 Å². The van der Waals surface area contributed by atoms with Gasteiger partial charge in [0, 0.05) is 31.7 Å². The molecule has 0 spiro atoms. The molecule has 2 heterocycles. The third-order valence-corrected chi connectivity index (χ3v) is 6.02. The third kappa shape index (κ3) is 4.88. The zero-order valence-electron chi connectivity index (χ0n) is 18.6. The molecule has 0 N–H and O–H groups in total. The number of nitrogens with zero attached hydrogens (tertiary/aromatic N) is 4. The molecule has 1 aliphatic rings. The van der Waals surface area contributed by atoms with Crippen molar-refractivity contribution in [3.8, 4) is 17.1 Å². The van der Waals surface area contributed by atoms with Gasteiger partial charge in [0.2, 0.25) is 11.7 Å². The van der Waals surface area contributed by atoms with E-state index in [-0.39, 0.29) is 12.5 Å². The number of carbonyl (C=O) groups excluding carboxylic acids is 1. The molecule has 168 valence electrons. The molecule has 3 aromatic carbocycles. The van der Waals surface area contributed by atoms with E-state index in [2.05, 4.69) is 21.1 Å². The van der Waals surface area contributed by atoms with Crippen molar-refractivity contribution in [3.05, 3.63) is 78.2 Å². The highest BCUT2D eigenvalue weighted by Gasteiger charge is 2.23. The lowest BCUT2D eigenvalue weighted by Crippen LogP contribution is -2.49. The van der Waals surface area contributed by atoms with Gasteiger partial charge in [-0.15, -0.1) is 0 Å². The van der Waals surface area contributed by atoms with Crippen LogP contribution in [0.4, 0.5) is 0 Å². The molecule has 1 aromatic heterocycles. The van der Waals surface area contributed by atoms with Crippen LogP contribution in [-0.2, 0) is 11.3 Å². The van der Waals surface area contributed by atoms with Crippen molar-refractivity contribution < 1.29 is 14.1 Å². The van der Waals surface area contributed by atoms with E-state index >= 15 is 0 Å². The minimum Gasteiger partial charge on any atom is -0.484 e. The quantitative estimate of drug-likeness (QED) is 0.451. The van der Waals surface area contributed by atoms with Gasteiger partial charge >= 0.3 is 0 Å². The Bertz CT molecular complexity index is 1260. The van der Waals surface area contributed by atoms with Gasteiger partial charge in [-0.2, -0.15) is 4.98 Å². The molecule has 0 atom stereocenters. The van der Waals surface area contributed by atoms with Crippen molar-refractivity contribution in [2.45, 2.75) is 13.5 Å². The summed E-state index contributed by atoms with van der Waals surface area (Å²) in [7, 11) is 0. The van der Waals surface area contributed by atoms with Gasteiger partial charge in [-0.3, -0.25) is 9.69 Å². The normalized spacial score (nSPS) is 14.5. The highest BCUT2D eigenvalue weighted by atomic mass is 16.5. The number of aryl methyl sites for hydroxylation is 1. The van der Waals surface area contributed by atoms with Crippen LogP contribution in [0, 0.1) is 6.92 Å². The molecule has 1 fully saturated rings. The van der Waals surface area contributed by atoms with Crippen LogP contribution in [0.3, 0.4) is 0 Å². The van der Waals surface area contributed by atoms with E-state index in [1.165, 1.54) is 0 Å². The van der Waals surface area contributed by atoms with Crippen molar-refractivity contribution in [3.63, 3.8) is 0 Å². The number of carbonyl (C=O) groups is 1. The molecule has 0 bridgehead atoms. The highest BCUT2D eigenvalue weighted by molar-refractivity contribution is 5.84. The van der Waals surface area contributed by atoms with Crippen molar-refractivity contribution in [1.82, 2.24) is 19.9 Å². The summed E-state index contributed by atoms with van der Waals surface area (Å²) in [5, 5.41) is 6.39. The van der Waals surface area contributed by atoms with Crippen molar-refractivity contribution in [2.75, 3.05) is 32.8 Å². The maximum atomic E-state index is 12.6. The SMILES string of the molecule is Cc1ccccc1-c1noc(CN2CCN(C(=O)COc3ccc4ccccc4c3)CC2)n1. The summed E-state index contributed by atoms with van der Waals surface area (Å²) >= 11 is 0. The molecule has 1 aliphatic heterocycles. The Kier molecular flexibility index (Phi) is 6.04. The molecule has 4 aromatic rings. The van der Waals surface area contributed by atoms with Crippen LogP contribution >= 0.6 is 0 Å². The van der Waals surface area contributed by atoms with E-state index in [1.807, 2.05) is 72.5 Å². The van der Waals surface area contributed by atoms with Crippen LogP contribution in [-0.4, -0.2) is 58.6 Å². The second-order valence-corrected chi connectivity index (χ2v) is 8.28. The summed E-state index contributed by atoms with van der Waals surface area (Å²) in [6, 6.07) is 22.0. The molecule has 7 nitrogen and oxygen atoms in total. The van der Waals surface area contributed by atoms with Gasteiger partial charge < -0.3 is 14.2 Å². The molecule has 7 heteroatoms. The van der Waals surface area contributed by atoms with Crippen LogP contribution in [0.15, 0.2) is 71.3 Å². The molecule has 1 amide bonds. The first kappa shape index (κ1) is 21.2. The number of rotatable bonds is 6. The van der Waals surface area contributed by atoms with E-state index in [4.69, 9.17) is 9.26 Å². The lowest BCUT2D eigenvalue weighted by Gasteiger charge is -2.33. The molecule has 0 aliphatic carbocycles. The zero-order chi connectivity index (χ0) is 22.6. The van der Waals surface area contributed by atoms with E-state index in [1.54, 1.807) is 0 Å². The largest absolute Gasteiger partial charge is 0.484 e. The smallest absolute Gasteiger partial charge is 0.260 e. The first-order chi connectivity index (χ1) is 16.2. The number of hydrogen-bond acceptors (Lipinski definition) is 6. The first-order valence-corrected chi connectivity index (χ1v) is 11.2. The molecule has 1 saturated heterocycles. The molecule has 5 rings (SSSR count). The lowest BCUT2D eigenvalue weighted by atomic mass is 10.1. The fourth-order valence-corrected chi connectivity index (χ4v) is 4.09. The minimum atomic E-state index is 0.00226. The zero-order valence-corrected chi connectivity index (χ0v) is 18.6. The Morgan fingerprint density at radius 3 is 2.55 bits per heavy atom. The Morgan fingerprint density at radius 1 is 0.970 bits per heavy atom. The van der Waals surface area contributed by atoms with Gasteiger partial charge in [0.05, 0.1) is 6.54 Å². The van der Waals surface area contributed by atoms with Crippen LogP contribution in [0.5, 0.6) is 5.75 Å². The predicted octanol–water partition coefficient (Wildman–Crippen LogP) is 3.92. The van der Waals surface area contributed by atoms with Gasteiger partial charge in [0.25, 0.3) is 5.91 Å². The van der Waals surface area contributed by atoms with Gasteiger partial charge in [0.1, 0.15) is 5.75 Å². The number of ether oxygens (including phenoxy) is 1. The minimum absolute atomic E-state index is 0.00226. The predicted molar refractivity (Wildman–Crippen MR) is 126 cm³/mol. The summed E-state index contributed by atoms with van der Waals surface area (Å²) in [4.78, 5) is 21.3. The second kappa shape index (κ2) is 9.42. The van der Waals surface area contributed by atoms with Crippen molar-refractivity contribution in [2.24, 2.45) is 0 Å². The summed E-state index contributed by atoms with van der Waals surface area (Å²) in [5.74, 6) is 1.92. The van der Waals surface area contributed by atoms with Gasteiger partial charge in [0.15, 0.2) is 6.61 Å². The number of aromatic nitrogens is 2. The van der Waals surface area contributed by atoms with Crippen molar-refractivity contribution >= 4 is 16.7 Å². The fraction of sp³-hybridized carbons (Fsp3) is 0.269. The van der Waals surface area contributed by atoms with Crippen LogP contribution in [0.1, 0.15) is 11.5 Å². The maximum absolute atomic E-state index is 12.6. The molecule has 0 saturated carbocycles. The van der Waals surface area contributed by atoms with E-state index < -0.39 is 0 Å². The second-order valence-electron chi connectivity index (χ2n) is 8.28. The summed E-state index contributed by atoms with van der Waals surface area (Å²) in [5.41, 5.74) is 2.09. The van der Waals surface area contributed by atoms with Crippen LogP contribution < -0.4 is 4.74 Å². The number of hydrogen-bond donors (Lipinski definition) is 0. The monoisotopic (exact) mass is 442 g/mol. The number of piperazine rings is 1. The van der Waals surface area contributed by atoms with Crippen LogP contribution in [0.2, 0.25) is 0 Å². The molecule has 0 unspecified atom stereocenters. The maximum Gasteiger partial charge on any atom is 0.260 e.